The number of Topliss-reactive ketones (excluding diaryl/α,β-unsaturated/α-hetero) is 1. The summed E-state index contributed by atoms with van der Waals surface area (Å²) in [7, 11) is 0. The van der Waals surface area contributed by atoms with Gasteiger partial charge in [-0.2, -0.15) is 0 Å². The zero-order valence-electron chi connectivity index (χ0n) is 10.5. The van der Waals surface area contributed by atoms with Crippen molar-refractivity contribution in [1.29, 1.82) is 0 Å². The van der Waals surface area contributed by atoms with Gasteiger partial charge in [0.15, 0.2) is 5.78 Å². The molecule has 0 heterocycles. The summed E-state index contributed by atoms with van der Waals surface area (Å²) < 4.78 is 0. The highest BCUT2D eigenvalue weighted by Gasteiger charge is 2.14. The van der Waals surface area contributed by atoms with Gasteiger partial charge in [-0.3, -0.25) is 4.79 Å². The van der Waals surface area contributed by atoms with Gasteiger partial charge in [0.25, 0.3) is 0 Å². The lowest BCUT2D eigenvalue weighted by Gasteiger charge is -2.16. The zero-order chi connectivity index (χ0) is 12.1. The number of thioether (sulfide) groups is 1. The van der Waals surface area contributed by atoms with Crippen molar-refractivity contribution in [1.82, 2.24) is 0 Å². The minimum atomic E-state index is 0.235. The van der Waals surface area contributed by atoms with E-state index >= 15 is 0 Å². The molecule has 0 aliphatic rings. The first kappa shape index (κ1) is 13.3. The van der Waals surface area contributed by atoms with Crippen LogP contribution in [0.4, 0.5) is 0 Å². The molecule has 0 aliphatic heterocycles. The molecule has 1 atom stereocenters. The van der Waals surface area contributed by atoms with Crippen LogP contribution in [0.3, 0.4) is 0 Å². The smallest absolute Gasteiger partial charge is 0.163 e. The lowest BCUT2D eigenvalue weighted by molar-refractivity contribution is 0.0985. The van der Waals surface area contributed by atoms with E-state index in [-0.39, 0.29) is 5.78 Å². The summed E-state index contributed by atoms with van der Waals surface area (Å²) >= 11 is 1.80. The predicted octanol–water partition coefficient (Wildman–Crippen LogP) is 4.42. The first-order valence-electron chi connectivity index (χ1n) is 5.85. The van der Waals surface area contributed by atoms with E-state index in [2.05, 4.69) is 20.8 Å². The fourth-order valence-electron chi connectivity index (χ4n) is 1.33. The van der Waals surface area contributed by atoms with Gasteiger partial charge in [-0.1, -0.05) is 45.9 Å². The molecule has 0 saturated carbocycles. The van der Waals surface area contributed by atoms with Crippen molar-refractivity contribution in [3.05, 3.63) is 29.8 Å². The van der Waals surface area contributed by atoms with Crippen molar-refractivity contribution < 1.29 is 4.79 Å². The number of benzene rings is 1. The van der Waals surface area contributed by atoms with Crippen molar-refractivity contribution in [2.24, 2.45) is 5.92 Å². The average molecular weight is 236 g/mol. The van der Waals surface area contributed by atoms with Crippen LogP contribution in [0, 0.1) is 5.92 Å². The van der Waals surface area contributed by atoms with E-state index in [1.807, 2.05) is 31.2 Å². The molecule has 1 nitrogen and oxygen atoms in total. The summed E-state index contributed by atoms with van der Waals surface area (Å²) in [6.07, 6.45) is 0.577. The number of hydrogen-bond acceptors (Lipinski definition) is 2. The fourth-order valence-corrected chi connectivity index (χ4v) is 2.47. The molecule has 0 aliphatic carbocycles. The van der Waals surface area contributed by atoms with Crippen molar-refractivity contribution in [3.8, 4) is 0 Å². The van der Waals surface area contributed by atoms with E-state index in [1.54, 1.807) is 11.8 Å². The monoisotopic (exact) mass is 236 g/mol. The molecule has 0 bridgehead atoms. The Kier molecular flexibility index (Phi) is 5.07. The molecule has 0 N–H and O–H groups in total. The SMILES string of the molecule is CCC(=O)c1ccccc1SC(C)C(C)C. The second-order valence-electron chi connectivity index (χ2n) is 4.34. The van der Waals surface area contributed by atoms with E-state index in [0.29, 0.717) is 17.6 Å². The van der Waals surface area contributed by atoms with Crippen LogP contribution < -0.4 is 0 Å². The van der Waals surface area contributed by atoms with Gasteiger partial charge in [0.1, 0.15) is 0 Å². The molecule has 0 amide bonds. The average Bonchev–Trinajstić information content (AvgIpc) is 2.28. The number of hydrogen-bond donors (Lipinski definition) is 0. The highest BCUT2D eigenvalue weighted by molar-refractivity contribution is 8.00. The van der Waals surface area contributed by atoms with Gasteiger partial charge < -0.3 is 0 Å². The number of carbonyl (C=O) groups is 1. The molecule has 1 aromatic carbocycles. The van der Waals surface area contributed by atoms with Gasteiger partial charge in [-0.25, -0.2) is 0 Å². The molecule has 1 rings (SSSR count). The van der Waals surface area contributed by atoms with Gasteiger partial charge in [0, 0.05) is 22.1 Å². The van der Waals surface area contributed by atoms with Crippen molar-refractivity contribution >= 4 is 17.5 Å². The molecule has 1 unspecified atom stereocenters. The maximum Gasteiger partial charge on any atom is 0.163 e. The molecule has 0 fully saturated rings. The molecule has 16 heavy (non-hydrogen) atoms. The molecular formula is C14H20OS. The topological polar surface area (TPSA) is 17.1 Å². The molecule has 88 valence electrons. The second kappa shape index (κ2) is 6.09. The first-order valence-corrected chi connectivity index (χ1v) is 6.73. The number of rotatable bonds is 5. The molecule has 0 saturated heterocycles. The Morgan fingerprint density at radius 2 is 1.88 bits per heavy atom. The maximum absolute atomic E-state index is 11.8. The Balaban J connectivity index is 2.91. The summed E-state index contributed by atoms with van der Waals surface area (Å²) in [5.41, 5.74) is 0.877. The Morgan fingerprint density at radius 1 is 1.25 bits per heavy atom. The summed E-state index contributed by atoms with van der Waals surface area (Å²) in [6.45, 7) is 8.54. The maximum atomic E-state index is 11.8. The summed E-state index contributed by atoms with van der Waals surface area (Å²) in [4.78, 5) is 12.9. The Hall–Kier alpha value is -0.760. The van der Waals surface area contributed by atoms with E-state index in [1.165, 1.54) is 0 Å². The van der Waals surface area contributed by atoms with Crippen LogP contribution in [0.1, 0.15) is 44.5 Å². The molecule has 0 radical (unpaired) electrons. The van der Waals surface area contributed by atoms with E-state index in [9.17, 15) is 4.79 Å². The quantitative estimate of drug-likeness (QED) is 0.556. The van der Waals surface area contributed by atoms with E-state index in [0.717, 1.165) is 10.5 Å². The Bertz CT molecular complexity index is 358. The van der Waals surface area contributed by atoms with Crippen molar-refractivity contribution in [2.75, 3.05) is 0 Å². The van der Waals surface area contributed by atoms with Crippen LogP contribution >= 0.6 is 11.8 Å². The van der Waals surface area contributed by atoms with Gasteiger partial charge in [-0.15, -0.1) is 11.8 Å². The number of ketones is 1. The predicted molar refractivity (Wildman–Crippen MR) is 71.2 cm³/mol. The minimum Gasteiger partial charge on any atom is -0.294 e. The van der Waals surface area contributed by atoms with E-state index in [4.69, 9.17) is 0 Å². The Labute approximate surface area is 103 Å². The highest BCUT2D eigenvalue weighted by Crippen LogP contribution is 2.30. The molecule has 0 aromatic heterocycles. The highest BCUT2D eigenvalue weighted by atomic mass is 32.2. The number of carbonyl (C=O) groups excluding carboxylic acids is 1. The largest absolute Gasteiger partial charge is 0.294 e. The van der Waals surface area contributed by atoms with E-state index < -0.39 is 0 Å². The molecule has 1 aromatic rings. The third kappa shape index (κ3) is 3.38. The lowest BCUT2D eigenvalue weighted by atomic mass is 10.1. The van der Waals surface area contributed by atoms with Crippen LogP contribution in [-0.2, 0) is 0 Å². The summed E-state index contributed by atoms with van der Waals surface area (Å²) in [5.74, 6) is 0.855. The summed E-state index contributed by atoms with van der Waals surface area (Å²) in [6, 6.07) is 7.92. The van der Waals surface area contributed by atoms with Gasteiger partial charge in [0.2, 0.25) is 0 Å². The molecule has 2 heteroatoms. The van der Waals surface area contributed by atoms with Crippen LogP contribution in [0.15, 0.2) is 29.2 Å². The summed E-state index contributed by atoms with van der Waals surface area (Å²) in [5, 5.41) is 0.533. The lowest BCUT2D eigenvalue weighted by Crippen LogP contribution is -2.07. The van der Waals surface area contributed by atoms with Crippen LogP contribution in [0.25, 0.3) is 0 Å². The molecule has 0 spiro atoms. The normalized spacial score (nSPS) is 12.8. The molecular weight excluding hydrogens is 216 g/mol. The van der Waals surface area contributed by atoms with Crippen molar-refractivity contribution in [2.45, 2.75) is 44.3 Å². The third-order valence-corrected chi connectivity index (χ3v) is 4.29. The first-order chi connectivity index (χ1) is 7.56. The second-order valence-corrected chi connectivity index (χ2v) is 5.76. The van der Waals surface area contributed by atoms with Crippen molar-refractivity contribution in [3.63, 3.8) is 0 Å². The van der Waals surface area contributed by atoms with Crippen LogP contribution in [-0.4, -0.2) is 11.0 Å². The van der Waals surface area contributed by atoms with Gasteiger partial charge in [0.05, 0.1) is 0 Å². The standard InChI is InChI=1S/C14H20OS/c1-5-13(15)12-8-6-7-9-14(12)16-11(4)10(2)3/h6-11H,5H2,1-4H3. The van der Waals surface area contributed by atoms with Gasteiger partial charge >= 0.3 is 0 Å². The minimum absolute atomic E-state index is 0.235. The Morgan fingerprint density at radius 3 is 2.44 bits per heavy atom. The van der Waals surface area contributed by atoms with Gasteiger partial charge in [-0.05, 0) is 12.0 Å². The van der Waals surface area contributed by atoms with Crippen LogP contribution in [0.2, 0.25) is 0 Å². The van der Waals surface area contributed by atoms with Crippen LogP contribution in [0.5, 0.6) is 0 Å². The zero-order valence-corrected chi connectivity index (χ0v) is 11.3. The third-order valence-electron chi connectivity index (χ3n) is 2.76. The fraction of sp³-hybridized carbons (Fsp3) is 0.500.